The number of likely N-dealkylation sites (N-methyl/N-ethyl adjacent to an activating group) is 1. The Hall–Kier alpha value is -0.590. The summed E-state index contributed by atoms with van der Waals surface area (Å²) in [6.07, 6.45) is 0. The Morgan fingerprint density at radius 2 is 2.00 bits per heavy atom. The molecular formula is C6H11NO4S. The van der Waals surface area contributed by atoms with Gasteiger partial charge in [0.25, 0.3) is 0 Å². The van der Waals surface area contributed by atoms with Crippen molar-refractivity contribution in [2.75, 3.05) is 26.1 Å². The second-order valence-electron chi connectivity index (χ2n) is 2.21. The SMILES string of the molecule is CN(CC(=O)O)CC(=O)SCO. The van der Waals surface area contributed by atoms with Gasteiger partial charge in [-0.1, -0.05) is 11.8 Å². The zero-order chi connectivity index (χ0) is 9.56. The van der Waals surface area contributed by atoms with Crippen LogP contribution in [0.5, 0.6) is 0 Å². The fraction of sp³-hybridized carbons (Fsp3) is 0.667. The van der Waals surface area contributed by atoms with E-state index in [-0.39, 0.29) is 24.1 Å². The second-order valence-corrected chi connectivity index (χ2v) is 3.21. The molecule has 5 nitrogen and oxygen atoms in total. The van der Waals surface area contributed by atoms with E-state index >= 15 is 0 Å². The molecule has 0 saturated heterocycles. The minimum atomic E-state index is -0.973. The molecule has 2 N–H and O–H groups in total. The molecule has 0 saturated carbocycles. The maximum absolute atomic E-state index is 10.8. The first kappa shape index (κ1) is 11.4. The van der Waals surface area contributed by atoms with Gasteiger partial charge in [0, 0.05) is 0 Å². The van der Waals surface area contributed by atoms with E-state index in [1.165, 1.54) is 11.9 Å². The molecule has 0 aliphatic rings. The van der Waals surface area contributed by atoms with Crippen LogP contribution in [0.2, 0.25) is 0 Å². The van der Waals surface area contributed by atoms with Crippen molar-refractivity contribution >= 4 is 22.8 Å². The third-order valence-corrected chi connectivity index (χ3v) is 1.61. The molecule has 0 bridgehead atoms. The third-order valence-electron chi connectivity index (χ3n) is 1.03. The monoisotopic (exact) mass is 193 g/mol. The Morgan fingerprint density at radius 1 is 1.42 bits per heavy atom. The van der Waals surface area contributed by atoms with Gasteiger partial charge in [0.1, 0.15) is 0 Å². The quantitative estimate of drug-likeness (QED) is 0.557. The summed E-state index contributed by atoms with van der Waals surface area (Å²) in [5.74, 6) is -1.24. The van der Waals surface area contributed by atoms with Crippen LogP contribution in [0.25, 0.3) is 0 Å². The number of carboxylic acid groups (broad SMARTS) is 1. The highest BCUT2D eigenvalue weighted by Gasteiger charge is 2.08. The van der Waals surface area contributed by atoms with Crippen molar-refractivity contribution in [1.82, 2.24) is 4.90 Å². The Morgan fingerprint density at radius 3 is 2.42 bits per heavy atom. The van der Waals surface area contributed by atoms with E-state index in [9.17, 15) is 9.59 Å². The van der Waals surface area contributed by atoms with Crippen LogP contribution in [0.3, 0.4) is 0 Å². The van der Waals surface area contributed by atoms with Crippen LogP contribution in [0.15, 0.2) is 0 Å². The van der Waals surface area contributed by atoms with Gasteiger partial charge in [0.05, 0.1) is 19.0 Å². The van der Waals surface area contributed by atoms with Crippen LogP contribution < -0.4 is 0 Å². The molecule has 0 aliphatic heterocycles. The van der Waals surface area contributed by atoms with Crippen LogP contribution in [0.1, 0.15) is 0 Å². The number of carbonyl (C=O) groups excluding carboxylic acids is 1. The topological polar surface area (TPSA) is 77.8 Å². The lowest BCUT2D eigenvalue weighted by Gasteiger charge is -2.11. The number of aliphatic hydroxyl groups is 1. The van der Waals surface area contributed by atoms with Gasteiger partial charge in [-0.15, -0.1) is 0 Å². The molecule has 0 aliphatic carbocycles. The van der Waals surface area contributed by atoms with Crippen LogP contribution in [0.4, 0.5) is 0 Å². The molecule has 0 atom stereocenters. The van der Waals surface area contributed by atoms with Gasteiger partial charge in [-0.25, -0.2) is 0 Å². The number of rotatable bonds is 5. The Labute approximate surface area is 74.4 Å². The van der Waals surface area contributed by atoms with Crippen LogP contribution in [0, 0.1) is 0 Å². The number of thioether (sulfide) groups is 1. The van der Waals surface area contributed by atoms with E-state index in [1.54, 1.807) is 0 Å². The van der Waals surface area contributed by atoms with E-state index in [1.807, 2.05) is 0 Å². The highest BCUT2D eigenvalue weighted by molar-refractivity contribution is 8.13. The minimum absolute atomic E-state index is 0.0392. The maximum atomic E-state index is 10.8. The maximum Gasteiger partial charge on any atom is 0.317 e. The Balaban J connectivity index is 3.61. The van der Waals surface area contributed by atoms with Gasteiger partial charge in [-0.3, -0.25) is 14.5 Å². The smallest absolute Gasteiger partial charge is 0.317 e. The number of hydrogen-bond acceptors (Lipinski definition) is 5. The second kappa shape index (κ2) is 5.99. The van der Waals surface area contributed by atoms with Gasteiger partial charge in [-0.05, 0) is 7.05 Å². The predicted molar refractivity (Wildman–Crippen MR) is 44.8 cm³/mol. The number of nitrogens with zero attached hydrogens (tertiary/aromatic N) is 1. The van der Waals surface area contributed by atoms with E-state index in [4.69, 9.17) is 10.2 Å². The lowest BCUT2D eigenvalue weighted by Crippen LogP contribution is -2.29. The average molecular weight is 193 g/mol. The summed E-state index contributed by atoms with van der Waals surface area (Å²) in [5, 5.41) is 16.4. The summed E-state index contributed by atoms with van der Waals surface area (Å²) in [6, 6.07) is 0. The van der Waals surface area contributed by atoms with Gasteiger partial charge in [0.15, 0.2) is 0 Å². The molecule has 0 heterocycles. The largest absolute Gasteiger partial charge is 0.480 e. The number of carbonyl (C=O) groups is 2. The third kappa shape index (κ3) is 6.14. The van der Waals surface area contributed by atoms with Crippen LogP contribution >= 0.6 is 11.8 Å². The first-order valence-electron chi connectivity index (χ1n) is 3.23. The summed E-state index contributed by atoms with van der Waals surface area (Å²) in [6.45, 7) is -0.130. The molecular weight excluding hydrogens is 182 g/mol. The van der Waals surface area contributed by atoms with Gasteiger partial charge in [-0.2, -0.15) is 0 Å². The molecule has 0 unspecified atom stereocenters. The first-order valence-corrected chi connectivity index (χ1v) is 4.21. The molecule has 12 heavy (non-hydrogen) atoms. The zero-order valence-electron chi connectivity index (χ0n) is 6.69. The normalized spacial score (nSPS) is 10.2. The van der Waals surface area contributed by atoms with Crippen molar-refractivity contribution in [1.29, 1.82) is 0 Å². The summed E-state index contributed by atoms with van der Waals surface area (Å²) >= 11 is 0.769. The lowest BCUT2D eigenvalue weighted by molar-refractivity contribution is -0.138. The molecule has 0 aromatic heterocycles. The first-order chi connectivity index (χ1) is 5.56. The molecule has 6 heteroatoms. The molecule has 0 aromatic carbocycles. The highest BCUT2D eigenvalue weighted by Crippen LogP contribution is 1.99. The average Bonchev–Trinajstić information content (AvgIpc) is 1.84. The molecule has 70 valence electrons. The Kier molecular flexibility index (Phi) is 5.69. The van der Waals surface area contributed by atoms with Gasteiger partial charge in [0.2, 0.25) is 5.12 Å². The highest BCUT2D eigenvalue weighted by atomic mass is 32.2. The molecule has 0 fully saturated rings. The van der Waals surface area contributed by atoms with E-state index in [2.05, 4.69) is 0 Å². The minimum Gasteiger partial charge on any atom is -0.480 e. The number of aliphatic hydroxyl groups excluding tert-OH is 1. The number of carboxylic acids is 1. The molecule has 0 radical (unpaired) electrons. The van der Waals surface area contributed by atoms with Crippen molar-refractivity contribution in [3.63, 3.8) is 0 Å². The van der Waals surface area contributed by atoms with Crippen molar-refractivity contribution in [3.8, 4) is 0 Å². The summed E-state index contributed by atoms with van der Waals surface area (Å²) in [5.41, 5.74) is 0. The molecule has 0 rings (SSSR count). The van der Waals surface area contributed by atoms with Crippen molar-refractivity contribution in [2.45, 2.75) is 0 Å². The zero-order valence-corrected chi connectivity index (χ0v) is 7.50. The lowest BCUT2D eigenvalue weighted by atomic mass is 10.5. The van der Waals surface area contributed by atoms with E-state index in [0.29, 0.717) is 0 Å². The fourth-order valence-electron chi connectivity index (χ4n) is 0.625. The molecule has 0 aromatic rings. The Bertz CT molecular complexity index is 173. The van der Waals surface area contributed by atoms with E-state index in [0.717, 1.165) is 11.8 Å². The van der Waals surface area contributed by atoms with Gasteiger partial charge < -0.3 is 10.2 Å². The predicted octanol–water partition coefficient (Wildman–Crippen LogP) is -0.788. The fourth-order valence-corrected chi connectivity index (χ4v) is 1.08. The van der Waals surface area contributed by atoms with Gasteiger partial charge >= 0.3 is 5.97 Å². The standard InChI is InChI=1S/C6H11NO4S/c1-7(2-5(9)10)3-6(11)12-4-8/h8H,2-4H2,1H3,(H,9,10). The van der Waals surface area contributed by atoms with Crippen molar-refractivity contribution < 1.29 is 19.8 Å². The number of aliphatic carboxylic acids is 1. The summed E-state index contributed by atoms with van der Waals surface area (Å²) in [4.78, 5) is 22.3. The molecule has 0 spiro atoms. The summed E-state index contributed by atoms with van der Waals surface area (Å²) in [7, 11) is 1.53. The van der Waals surface area contributed by atoms with Crippen molar-refractivity contribution in [2.24, 2.45) is 0 Å². The molecule has 0 amide bonds. The van der Waals surface area contributed by atoms with Crippen molar-refractivity contribution in [3.05, 3.63) is 0 Å². The number of hydrogen-bond donors (Lipinski definition) is 2. The van der Waals surface area contributed by atoms with Crippen LogP contribution in [-0.4, -0.2) is 52.3 Å². The summed E-state index contributed by atoms with van der Waals surface area (Å²) < 4.78 is 0. The van der Waals surface area contributed by atoms with Crippen LogP contribution in [-0.2, 0) is 9.59 Å². The van der Waals surface area contributed by atoms with E-state index < -0.39 is 5.97 Å².